The lowest BCUT2D eigenvalue weighted by molar-refractivity contribution is 0.0419. The Labute approximate surface area is 153 Å². The van der Waals surface area contributed by atoms with Gasteiger partial charge in [-0.25, -0.2) is 0 Å². The van der Waals surface area contributed by atoms with Crippen molar-refractivity contribution in [3.05, 3.63) is 34.9 Å². The summed E-state index contributed by atoms with van der Waals surface area (Å²) >= 11 is 3.75. The minimum Gasteiger partial charge on any atom is -0.349 e. The van der Waals surface area contributed by atoms with Crippen molar-refractivity contribution in [2.75, 3.05) is 13.3 Å². The van der Waals surface area contributed by atoms with Crippen molar-refractivity contribution in [2.45, 2.75) is 68.4 Å². The molecule has 0 amide bonds. The number of halogens is 1. The molecule has 0 bridgehead atoms. The molecule has 0 spiro atoms. The number of ether oxygens (including phenoxy) is 2. The molecule has 1 saturated heterocycles. The molecule has 130 valence electrons. The minimum atomic E-state index is 0.169. The van der Waals surface area contributed by atoms with Gasteiger partial charge in [-0.15, -0.1) is 0 Å². The summed E-state index contributed by atoms with van der Waals surface area (Å²) in [7, 11) is 0. The van der Waals surface area contributed by atoms with Gasteiger partial charge >= 0.3 is 0 Å². The quantitative estimate of drug-likeness (QED) is 0.505. The van der Waals surface area contributed by atoms with Gasteiger partial charge in [-0.05, 0) is 68.1 Å². The molecule has 24 heavy (non-hydrogen) atoms. The first-order valence-corrected chi connectivity index (χ1v) is 10.2. The number of allylic oxidation sites excluding steroid dienone is 5. The first kappa shape index (κ1) is 16.7. The lowest BCUT2D eigenvalue weighted by Crippen LogP contribution is -2.31. The molecule has 0 aromatic carbocycles. The van der Waals surface area contributed by atoms with E-state index >= 15 is 0 Å². The Morgan fingerprint density at radius 1 is 1.12 bits per heavy atom. The van der Waals surface area contributed by atoms with Crippen LogP contribution in [0.15, 0.2) is 39.9 Å². The Hall–Kier alpha value is -0.710. The van der Waals surface area contributed by atoms with Crippen LogP contribution >= 0.6 is 15.9 Å². The third-order valence-corrected chi connectivity index (χ3v) is 6.09. The van der Waals surface area contributed by atoms with Crippen LogP contribution in [-0.2, 0) is 9.47 Å². The Morgan fingerprint density at radius 3 is 2.92 bits per heavy atom. The molecule has 4 aliphatic rings. The largest absolute Gasteiger partial charge is 0.349 e. The van der Waals surface area contributed by atoms with E-state index in [2.05, 4.69) is 34.2 Å². The second-order valence-electron chi connectivity index (χ2n) is 7.11. The van der Waals surface area contributed by atoms with Crippen LogP contribution in [0.2, 0.25) is 0 Å². The molecule has 4 heteroatoms. The summed E-state index contributed by atoms with van der Waals surface area (Å²) in [6.07, 6.45) is 16.8. The zero-order chi connectivity index (χ0) is 16.4. The van der Waals surface area contributed by atoms with Crippen molar-refractivity contribution in [3.63, 3.8) is 0 Å². The summed E-state index contributed by atoms with van der Waals surface area (Å²) < 4.78 is 11.6. The number of fused-ring (bicyclic) bond motifs is 1. The van der Waals surface area contributed by atoms with Crippen LogP contribution < -0.4 is 0 Å². The predicted octanol–water partition coefficient (Wildman–Crippen LogP) is 4.87. The van der Waals surface area contributed by atoms with Gasteiger partial charge in [0.1, 0.15) is 12.9 Å². The van der Waals surface area contributed by atoms with E-state index in [-0.39, 0.29) is 12.2 Å². The molecule has 3 nitrogen and oxygen atoms in total. The van der Waals surface area contributed by atoms with E-state index in [1.165, 1.54) is 35.3 Å². The van der Waals surface area contributed by atoms with Crippen LogP contribution in [0.1, 0.15) is 51.4 Å². The number of hydrogen-bond donors (Lipinski definition) is 0. The fraction of sp³-hybridized carbons (Fsp3) is 0.650. The van der Waals surface area contributed by atoms with Crippen LogP contribution in [0, 0.1) is 0 Å². The third kappa shape index (κ3) is 3.61. The molecule has 3 atom stereocenters. The maximum absolute atomic E-state index is 5.83. The van der Waals surface area contributed by atoms with E-state index in [0.717, 1.165) is 45.1 Å². The molecular weight excluding hydrogens is 366 g/mol. The van der Waals surface area contributed by atoms with Crippen LogP contribution in [0.25, 0.3) is 0 Å². The lowest BCUT2D eigenvalue weighted by atomic mass is 9.85. The first-order valence-electron chi connectivity index (χ1n) is 9.32. The van der Waals surface area contributed by atoms with E-state index in [4.69, 9.17) is 14.5 Å². The summed E-state index contributed by atoms with van der Waals surface area (Å²) in [5.41, 5.74) is 5.69. The number of hydrogen-bond acceptors (Lipinski definition) is 3. The van der Waals surface area contributed by atoms with Crippen molar-refractivity contribution in [1.29, 1.82) is 0 Å². The molecule has 0 N–H and O–H groups in total. The van der Waals surface area contributed by atoms with Crippen LogP contribution in [0.4, 0.5) is 0 Å². The molecule has 2 aliphatic heterocycles. The van der Waals surface area contributed by atoms with Gasteiger partial charge in [0.25, 0.3) is 0 Å². The SMILES string of the molecule is BrC1C=C(CCC2=CCCC=C2C2=NCCCC2)C2OCOC2C1. The number of aliphatic imine (C=N–C) groups is 1. The highest BCUT2D eigenvalue weighted by Crippen LogP contribution is 2.36. The van der Waals surface area contributed by atoms with Crippen molar-refractivity contribution in [1.82, 2.24) is 0 Å². The summed E-state index contributed by atoms with van der Waals surface area (Å²) in [6.45, 7) is 1.45. The highest BCUT2D eigenvalue weighted by Gasteiger charge is 2.36. The molecule has 0 radical (unpaired) electrons. The van der Waals surface area contributed by atoms with Crippen molar-refractivity contribution in [2.24, 2.45) is 4.99 Å². The predicted molar refractivity (Wildman–Crippen MR) is 101 cm³/mol. The van der Waals surface area contributed by atoms with Gasteiger partial charge in [-0.1, -0.05) is 34.2 Å². The normalized spacial score (nSPS) is 33.3. The second kappa shape index (κ2) is 7.67. The lowest BCUT2D eigenvalue weighted by Gasteiger charge is -2.28. The average molecular weight is 392 g/mol. The van der Waals surface area contributed by atoms with Crippen LogP contribution in [-0.4, -0.2) is 36.1 Å². The molecule has 2 heterocycles. The molecule has 2 aliphatic carbocycles. The molecule has 0 aromatic rings. The zero-order valence-corrected chi connectivity index (χ0v) is 15.8. The van der Waals surface area contributed by atoms with Crippen molar-refractivity contribution < 1.29 is 9.47 Å². The highest BCUT2D eigenvalue weighted by molar-refractivity contribution is 9.09. The van der Waals surface area contributed by atoms with Crippen LogP contribution in [0.3, 0.4) is 0 Å². The van der Waals surface area contributed by atoms with E-state index in [0.29, 0.717) is 11.6 Å². The molecule has 3 unspecified atom stereocenters. The number of rotatable bonds is 4. The van der Waals surface area contributed by atoms with Gasteiger partial charge < -0.3 is 9.47 Å². The monoisotopic (exact) mass is 391 g/mol. The maximum atomic E-state index is 5.83. The standard InChI is InChI=1S/C20H26BrNO2/c21-16-11-15(20-19(12-16)23-13-24-20)9-8-14-5-1-2-6-17(14)18-7-3-4-10-22-18/h5-6,11,16,19-20H,1-4,7-10,12-13H2. The topological polar surface area (TPSA) is 30.8 Å². The van der Waals surface area contributed by atoms with Crippen LogP contribution in [0.5, 0.6) is 0 Å². The number of nitrogens with zero attached hydrogens (tertiary/aromatic N) is 1. The van der Waals surface area contributed by atoms with E-state index in [1.807, 2.05) is 0 Å². The smallest absolute Gasteiger partial charge is 0.148 e. The summed E-state index contributed by atoms with van der Waals surface area (Å²) in [4.78, 5) is 5.21. The van der Waals surface area contributed by atoms with E-state index in [9.17, 15) is 0 Å². The fourth-order valence-corrected chi connectivity index (χ4v) is 4.95. The maximum Gasteiger partial charge on any atom is 0.148 e. The van der Waals surface area contributed by atoms with Gasteiger partial charge in [0.05, 0.1) is 6.10 Å². The van der Waals surface area contributed by atoms with Crippen molar-refractivity contribution in [3.8, 4) is 0 Å². The van der Waals surface area contributed by atoms with E-state index < -0.39 is 0 Å². The molecule has 0 aromatic heterocycles. The highest BCUT2D eigenvalue weighted by atomic mass is 79.9. The molecule has 4 rings (SSSR count). The van der Waals surface area contributed by atoms with Gasteiger partial charge in [0, 0.05) is 17.1 Å². The first-order chi connectivity index (χ1) is 11.8. The zero-order valence-electron chi connectivity index (χ0n) is 14.2. The van der Waals surface area contributed by atoms with Gasteiger partial charge in [0.15, 0.2) is 0 Å². The Bertz CT molecular complexity index is 605. The minimum absolute atomic E-state index is 0.169. The van der Waals surface area contributed by atoms with Gasteiger partial charge in [0.2, 0.25) is 0 Å². The summed E-state index contributed by atoms with van der Waals surface area (Å²) in [5.74, 6) is 0. The summed E-state index contributed by atoms with van der Waals surface area (Å²) in [6, 6.07) is 0. The summed E-state index contributed by atoms with van der Waals surface area (Å²) in [5, 5.41) is 0. The van der Waals surface area contributed by atoms with Gasteiger partial charge in [-0.2, -0.15) is 0 Å². The molecule has 0 saturated carbocycles. The Kier molecular flexibility index (Phi) is 5.35. The third-order valence-electron chi connectivity index (χ3n) is 5.46. The Balaban J connectivity index is 1.45. The van der Waals surface area contributed by atoms with E-state index in [1.54, 1.807) is 0 Å². The van der Waals surface area contributed by atoms with Gasteiger partial charge in [-0.3, -0.25) is 4.99 Å². The molecule has 1 fully saturated rings. The number of alkyl halides is 1. The second-order valence-corrected chi connectivity index (χ2v) is 8.29. The average Bonchev–Trinajstić information content (AvgIpc) is 3.09. The molecular formula is C20H26BrNO2. The Morgan fingerprint density at radius 2 is 2.04 bits per heavy atom. The van der Waals surface area contributed by atoms with Crippen molar-refractivity contribution >= 4 is 21.6 Å². The fourth-order valence-electron chi connectivity index (χ4n) is 4.24.